The SMILES string of the molecule is OC1(c2ccccc2-c2ccc(Cl)cc2)CCC2(CC1)c1ccccc1-c1ccc(-c3ccccc3)cc12. The molecule has 5 aromatic rings. The summed E-state index contributed by atoms with van der Waals surface area (Å²) in [6.07, 6.45) is 3.23. The van der Waals surface area contributed by atoms with Gasteiger partial charge in [0.15, 0.2) is 0 Å². The second-order valence-electron chi connectivity index (χ2n) is 10.8. The van der Waals surface area contributed by atoms with Gasteiger partial charge in [-0.25, -0.2) is 0 Å². The lowest BCUT2D eigenvalue weighted by Crippen LogP contribution is -2.39. The largest absolute Gasteiger partial charge is 0.385 e. The van der Waals surface area contributed by atoms with Crippen molar-refractivity contribution in [2.45, 2.75) is 36.7 Å². The van der Waals surface area contributed by atoms with Gasteiger partial charge in [0.25, 0.3) is 0 Å². The molecule has 7 rings (SSSR count). The molecule has 0 saturated heterocycles. The quantitative estimate of drug-likeness (QED) is 0.255. The summed E-state index contributed by atoms with van der Waals surface area (Å²) < 4.78 is 0. The van der Waals surface area contributed by atoms with Crippen molar-refractivity contribution in [1.82, 2.24) is 0 Å². The van der Waals surface area contributed by atoms with Crippen molar-refractivity contribution in [2.24, 2.45) is 0 Å². The van der Waals surface area contributed by atoms with Crippen molar-refractivity contribution in [2.75, 3.05) is 0 Å². The van der Waals surface area contributed by atoms with Crippen molar-refractivity contribution in [1.29, 1.82) is 0 Å². The van der Waals surface area contributed by atoms with Gasteiger partial charge >= 0.3 is 0 Å². The maximum atomic E-state index is 12.2. The van der Waals surface area contributed by atoms with Crippen LogP contribution in [0.25, 0.3) is 33.4 Å². The summed E-state index contributed by atoms with van der Waals surface area (Å²) in [5.74, 6) is 0. The highest BCUT2D eigenvalue weighted by Crippen LogP contribution is 2.59. The van der Waals surface area contributed by atoms with E-state index in [0.717, 1.165) is 34.6 Å². The van der Waals surface area contributed by atoms with Gasteiger partial charge in [-0.15, -0.1) is 0 Å². The van der Waals surface area contributed by atoms with Crippen LogP contribution in [-0.2, 0) is 11.0 Å². The molecule has 2 heteroatoms. The molecule has 0 unspecified atom stereocenters. The van der Waals surface area contributed by atoms with Crippen LogP contribution in [0.5, 0.6) is 0 Å². The number of hydrogen-bond donors (Lipinski definition) is 1. The lowest BCUT2D eigenvalue weighted by Gasteiger charge is -2.44. The highest BCUT2D eigenvalue weighted by Gasteiger charge is 2.49. The van der Waals surface area contributed by atoms with E-state index in [4.69, 9.17) is 11.6 Å². The van der Waals surface area contributed by atoms with E-state index in [2.05, 4.69) is 91.0 Å². The Morgan fingerprint density at radius 2 is 1.05 bits per heavy atom. The Hall–Kier alpha value is -3.65. The molecule has 0 aliphatic heterocycles. The summed E-state index contributed by atoms with van der Waals surface area (Å²) in [4.78, 5) is 0. The van der Waals surface area contributed by atoms with Crippen LogP contribution in [-0.4, -0.2) is 5.11 Å². The first kappa shape index (κ1) is 23.5. The Bertz CT molecular complexity index is 1630. The molecule has 186 valence electrons. The molecule has 2 aliphatic rings. The molecule has 0 aromatic heterocycles. The minimum absolute atomic E-state index is 0.0852. The maximum Gasteiger partial charge on any atom is 0.0903 e. The van der Waals surface area contributed by atoms with Gasteiger partial charge in [0.1, 0.15) is 0 Å². The summed E-state index contributed by atoms with van der Waals surface area (Å²) in [5.41, 5.74) is 10.2. The van der Waals surface area contributed by atoms with Gasteiger partial charge in [0.2, 0.25) is 0 Å². The Balaban J connectivity index is 1.30. The molecule has 2 aliphatic carbocycles. The molecule has 0 radical (unpaired) electrons. The zero-order valence-electron chi connectivity index (χ0n) is 21.2. The van der Waals surface area contributed by atoms with Gasteiger partial charge < -0.3 is 5.11 Å². The van der Waals surface area contributed by atoms with Crippen LogP contribution in [0, 0.1) is 0 Å². The zero-order valence-corrected chi connectivity index (χ0v) is 22.0. The second-order valence-corrected chi connectivity index (χ2v) is 11.3. The van der Waals surface area contributed by atoms with Crippen molar-refractivity contribution in [3.63, 3.8) is 0 Å². The smallest absolute Gasteiger partial charge is 0.0903 e. The molecule has 0 heterocycles. The lowest BCUT2D eigenvalue weighted by atomic mass is 9.62. The third-order valence-electron chi connectivity index (χ3n) is 8.89. The summed E-state index contributed by atoms with van der Waals surface area (Å²) in [7, 11) is 0. The fourth-order valence-electron chi connectivity index (χ4n) is 6.93. The van der Waals surface area contributed by atoms with E-state index in [1.807, 2.05) is 30.3 Å². The summed E-state index contributed by atoms with van der Waals surface area (Å²) in [6.45, 7) is 0. The van der Waals surface area contributed by atoms with Gasteiger partial charge in [0.05, 0.1) is 5.60 Å². The molecular weight excluding hydrogens is 484 g/mol. The van der Waals surface area contributed by atoms with Crippen LogP contribution in [0.4, 0.5) is 0 Å². The first-order valence-electron chi connectivity index (χ1n) is 13.5. The van der Waals surface area contributed by atoms with Crippen LogP contribution in [0.3, 0.4) is 0 Å². The number of halogens is 1. The summed E-state index contributed by atoms with van der Waals surface area (Å²) in [5, 5.41) is 12.9. The minimum Gasteiger partial charge on any atom is -0.385 e. The highest BCUT2D eigenvalue weighted by molar-refractivity contribution is 6.30. The van der Waals surface area contributed by atoms with Crippen molar-refractivity contribution in [3.05, 3.63) is 143 Å². The number of aliphatic hydroxyl groups is 1. The predicted octanol–water partition coefficient (Wildman–Crippen LogP) is 9.40. The summed E-state index contributed by atoms with van der Waals surface area (Å²) in [6, 6.07) is 42.8. The Kier molecular flexibility index (Phi) is 5.54. The van der Waals surface area contributed by atoms with E-state index in [1.165, 1.54) is 33.4 Å². The Labute approximate surface area is 229 Å². The van der Waals surface area contributed by atoms with Gasteiger partial charge in [-0.3, -0.25) is 0 Å². The van der Waals surface area contributed by atoms with Crippen molar-refractivity contribution < 1.29 is 5.11 Å². The first-order valence-corrected chi connectivity index (χ1v) is 13.8. The first-order chi connectivity index (χ1) is 18.6. The lowest BCUT2D eigenvalue weighted by molar-refractivity contribution is -0.0147. The molecule has 1 nitrogen and oxygen atoms in total. The highest BCUT2D eigenvalue weighted by atomic mass is 35.5. The zero-order chi connectivity index (χ0) is 25.7. The van der Waals surface area contributed by atoms with Crippen LogP contribution >= 0.6 is 11.6 Å². The number of hydrogen-bond acceptors (Lipinski definition) is 1. The molecule has 38 heavy (non-hydrogen) atoms. The molecular formula is C36H29ClO. The summed E-state index contributed by atoms with van der Waals surface area (Å²) >= 11 is 6.17. The van der Waals surface area contributed by atoms with Crippen molar-refractivity contribution >= 4 is 11.6 Å². The monoisotopic (exact) mass is 512 g/mol. The Morgan fingerprint density at radius 1 is 0.474 bits per heavy atom. The van der Waals surface area contributed by atoms with Crippen LogP contribution in [0.1, 0.15) is 42.4 Å². The van der Waals surface area contributed by atoms with E-state index < -0.39 is 5.60 Å². The molecule has 1 spiro atoms. The van der Waals surface area contributed by atoms with Gasteiger partial charge in [-0.05, 0) is 94.0 Å². The van der Waals surface area contributed by atoms with E-state index in [0.29, 0.717) is 12.8 Å². The third kappa shape index (κ3) is 3.65. The second kappa shape index (κ2) is 8.98. The topological polar surface area (TPSA) is 20.2 Å². The molecule has 1 fully saturated rings. The number of rotatable bonds is 3. The number of benzene rings is 5. The molecule has 0 bridgehead atoms. The molecule has 0 atom stereocenters. The van der Waals surface area contributed by atoms with Crippen LogP contribution in [0.15, 0.2) is 121 Å². The van der Waals surface area contributed by atoms with E-state index >= 15 is 0 Å². The van der Waals surface area contributed by atoms with Crippen LogP contribution in [0.2, 0.25) is 5.02 Å². The molecule has 5 aromatic carbocycles. The fraction of sp³-hybridized carbons (Fsp3) is 0.167. The van der Waals surface area contributed by atoms with E-state index in [1.54, 1.807) is 0 Å². The molecule has 0 amide bonds. The van der Waals surface area contributed by atoms with Gasteiger partial charge in [-0.1, -0.05) is 115 Å². The Morgan fingerprint density at radius 3 is 1.79 bits per heavy atom. The standard InChI is InChI=1S/C36H29ClO/c37-28-17-14-26(15-18-28)29-10-4-7-13-33(29)36(38)22-20-35(21-23-36)32-12-6-5-11-30(32)31-19-16-27(24-34(31)35)25-8-2-1-3-9-25/h1-19,24,38H,20-23H2. The predicted molar refractivity (Wildman–Crippen MR) is 157 cm³/mol. The normalized spacial score (nSPS) is 21.7. The van der Waals surface area contributed by atoms with Gasteiger partial charge in [0, 0.05) is 10.4 Å². The van der Waals surface area contributed by atoms with Crippen molar-refractivity contribution in [3.8, 4) is 33.4 Å². The third-order valence-corrected chi connectivity index (χ3v) is 9.14. The van der Waals surface area contributed by atoms with E-state index in [-0.39, 0.29) is 5.41 Å². The minimum atomic E-state index is -0.879. The average molecular weight is 513 g/mol. The number of fused-ring (bicyclic) bond motifs is 5. The fourth-order valence-corrected chi connectivity index (χ4v) is 7.06. The van der Waals surface area contributed by atoms with Gasteiger partial charge in [-0.2, -0.15) is 0 Å². The average Bonchev–Trinajstić information content (AvgIpc) is 3.25. The van der Waals surface area contributed by atoms with Crippen LogP contribution < -0.4 is 0 Å². The maximum absolute atomic E-state index is 12.2. The molecule has 1 N–H and O–H groups in total. The van der Waals surface area contributed by atoms with E-state index in [9.17, 15) is 5.11 Å². The molecule has 1 saturated carbocycles.